The molecule has 5 aromatic rings. The molecule has 3 aromatic carbocycles. The summed E-state index contributed by atoms with van der Waals surface area (Å²) in [7, 11) is 0. The minimum absolute atomic E-state index is 0.229. The second-order valence-electron chi connectivity index (χ2n) is 9.51. The molecule has 0 amide bonds. The van der Waals surface area contributed by atoms with Crippen LogP contribution in [-0.4, -0.2) is 19.2 Å². The van der Waals surface area contributed by atoms with Crippen LogP contribution in [0.2, 0.25) is 10.0 Å². The predicted molar refractivity (Wildman–Crippen MR) is 159 cm³/mol. The number of hydrogen-bond donors (Lipinski definition) is 1. The number of hydrogen-bond acceptors (Lipinski definition) is 3. The highest BCUT2D eigenvalue weighted by Gasteiger charge is 2.29. The molecule has 0 bridgehead atoms. The maximum absolute atomic E-state index is 6.40. The first-order valence-corrected chi connectivity index (χ1v) is 13.8. The molecular formula is C30H26Cl2N4OS. The first-order chi connectivity index (χ1) is 18.5. The quantitative estimate of drug-likeness (QED) is 0.213. The summed E-state index contributed by atoms with van der Waals surface area (Å²) >= 11 is 18.6. The molecule has 0 spiro atoms. The highest BCUT2D eigenvalue weighted by molar-refractivity contribution is 7.81. The van der Waals surface area contributed by atoms with E-state index < -0.39 is 0 Å². The van der Waals surface area contributed by atoms with Gasteiger partial charge in [0.05, 0.1) is 10.7 Å². The highest BCUT2D eigenvalue weighted by Crippen LogP contribution is 2.38. The number of aryl methyl sites for hydroxylation is 3. The molecule has 0 fully saturated rings. The molecule has 1 aliphatic heterocycles. The van der Waals surface area contributed by atoms with Crippen LogP contribution in [0.25, 0.3) is 16.8 Å². The molecule has 0 radical (unpaired) electrons. The van der Waals surface area contributed by atoms with Crippen molar-refractivity contribution in [2.24, 2.45) is 0 Å². The zero-order valence-electron chi connectivity index (χ0n) is 20.9. The Hall–Kier alpha value is -3.32. The first kappa shape index (κ1) is 25.0. The normalized spacial score (nSPS) is 12.9. The Labute approximate surface area is 237 Å². The van der Waals surface area contributed by atoms with E-state index in [1.54, 1.807) is 18.2 Å². The van der Waals surface area contributed by atoms with Crippen LogP contribution in [0, 0.1) is 6.92 Å². The van der Waals surface area contributed by atoms with Gasteiger partial charge in [-0.1, -0.05) is 77.9 Å². The number of benzene rings is 3. The monoisotopic (exact) mass is 560 g/mol. The average molecular weight is 562 g/mol. The van der Waals surface area contributed by atoms with Crippen molar-refractivity contribution >= 4 is 51.7 Å². The summed E-state index contributed by atoms with van der Waals surface area (Å²) in [5, 5.41) is 9.52. The van der Waals surface area contributed by atoms with E-state index in [0.717, 1.165) is 59.8 Å². The van der Waals surface area contributed by atoms with Gasteiger partial charge in [-0.25, -0.2) is 4.68 Å². The third-order valence-electron chi connectivity index (χ3n) is 6.83. The molecule has 0 saturated heterocycles. The van der Waals surface area contributed by atoms with Crippen LogP contribution in [0.15, 0.2) is 72.8 Å². The molecule has 1 aliphatic rings. The fourth-order valence-corrected chi connectivity index (χ4v) is 5.96. The number of thiocarbonyl (C=S) groups is 1. The number of nitrogens with zero attached hydrogens (tertiary/aromatic N) is 3. The van der Waals surface area contributed by atoms with Crippen LogP contribution in [0.4, 0.5) is 5.69 Å². The predicted octanol–water partition coefficient (Wildman–Crippen LogP) is 8.12. The molecule has 38 heavy (non-hydrogen) atoms. The second kappa shape index (κ2) is 10.4. The molecule has 1 N–H and O–H groups in total. The molecule has 0 atom stereocenters. The van der Waals surface area contributed by atoms with E-state index in [1.807, 2.05) is 18.2 Å². The Morgan fingerprint density at radius 2 is 1.87 bits per heavy atom. The van der Waals surface area contributed by atoms with E-state index in [0.29, 0.717) is 20.8 Å². The fraction of sp³-hybridized carbons (Fsp3) is 0.200. The lowest BCUT2D eigenvalue weighted by Crippen LogP contribution is -2.16. The Morgan fingerprint density at radius 3 is 2.66 bits per heavy atom. The van der Waals surface area contributed by atoms with Crippen LogP contribution < -0.4 is 10.1 Å². The van der Waals surface area contributed by atoms with Gasteiger partial charge >= 0.3 is 0 Å². The summed E-state index contributed by atoms with van der Waals surface area (Å²) in [5.74, 6) is 1.32. The molecule has 6 rings (SSSR count). The molecule has 8 heteroatoms. The number of rotatable bonds is 6. The molecule has 0 aliphatic carbocycles. The summed E-state index contributed by atoms with van der Waals surface area (Å²) in [6, 6.07) is 23.9. The van der Waals surface area contributed by atoms with Crippen LogP contribution in [0.3, 0.4) is 0 Å². The Bertz CT molecular complexity index is 1660. The van der Waals surface area contributed by atoms with E-state index in [4.69, 9.17) is 45.3 Å². The van der Waals surface area contributed by atoms with Crippen molar-refractivity contribution < 1.29 is 4.74 Å². The van der Waals surface area contributed by atoms with Crippen LogP contribution in [0.5, 0.6) is 5.75 Å². The molecule has 192 valence electrons. The molecular weight excluding hydrogens is 535 g/mol. The van der Waals surface area contributed by atoms with Crippen molar-refractivity contribution in [3.05, 3.63) is 105 Å². The van der Waals surface area contributed by atoms with Gasteiger partial charge in [0.15, 0.2) is 5.82 Å². The van der Waals surface area contributed by atoms with Crippen molar-refractivity contribution in [3.8, 4) is 16.9 Å². The summed E-state index contributed by atoms with van der Waals surface area (Å²) < 4.78 is 10.5. The summed E-state index contributed by atoms with van der Waals surface area (Å²) in [5.41, 5.74) is 7.66. The van der Waals surface area contributed by atoms with Gasteiger partial charge in [0.1, 0.15) is 23.0 Å². The van der Waals surface area contributed by atoms with Gasteiger partial charge in [0.2, 0.25) is 0 Å². The zero-order chi connectivity index (χ0) is 26.2. The van der Waals surface area contributed by atoms with Crippen molar-refractivity contribution in [2.75, 3.05) is 5.32 Å². The lowest BCUT2D eigenvalue weighted by molar-refractivity contribution is 0.293. The van der Waals surface area contributed by atoms with Gasteiger partial charge in [-0.3, -0.25) is 4.40 Å². The topological polar surface area (TPSA) is 43.5 Å². The van der Waals surface area contributed by atoms with E-state index >= 15 is 0 Å². The zero-order valence-corrected chi connectivity index (χ0v) is 23.2. The second-order valence-corrected chi connectivity index (χ2v) is 10.8. The maximum Gasteiger partial charge on any atom is 0.173 e. The van der Waals surface area contributed by atoms with Gasteiger partial charge in [-0.2, -0.15) is 5.10 Å². The van der Waals surface area contributed by atoms with Gasteiger partial charge in [-0.15, -0.1) is 0 Å². The van der Waals surface area contributed by atoms with Gasteiger partial charge in [-0.05, 0) is 67.6 Å². The van der Waals surface area contributed by atoms with Gasteiger partial charge in [0, 0.05) is 28.4 Å². The molecule has 0 unspecified atom stereocenters. The summed E-state index contributed by atoms with van der Waals surface area (Å²) in [4.78, 5) is 0.640. The molecule has 3 heterocycles. The fourth-order valence-electron chi connectivity index (χ4n) is 5.19. The average Bonchev–Trinajstić information content (AvgIpc) is 3.34. The minimum atomic E-state index is 0.229. The standard InChI is InChI=1S/C30H26Cl2N4OS/c1-19-8-7-11-22(16-19)33-29(38)28-27(20-9-3-2-4-10-20)23-12-5-6-15-35-30(23)36(28)26(34-35)18-37-25-14-13-21(31)17-24(25)32/h2-4,7-11,13-14,16-17H,5-6,12,15,18H2,1H3,(H,33,38). The maximum atomic E-state index is 6.40. The highest BCUT2D eigenvalue weighted by atomic mass is 35.5. The first-order valence-electron chi connectivity index (χ1n) is 12.6. The number of ether oxygens (including phenoxy) is 1. The van der Waals surface area contributed by atoms with Gasteiger partial charge < -0.3 is 10.1 Å². The van der Waals surface area contributed by atoms with Gasteiger partial charge in [0.25, 0.3) is 0 Å². The summed E-state index contributed by atoms with van der Waals surface area (Å²) in [6.45, 7) is 3.14. The van der Waals surface area contributed by atoms with Crippen molar-refractivity contribution in [1.82, 2.24) is 14.2 Å². The van der Waals surface area contributed by atoms with Crippen LogP contribution in [-0.2, 0) is 19.6 Å². The third kappa shape index (κ3) is 4.68. The van der Waals surface area contributed by atoms with Crippen molar-refractivity contribution in [1.29, 1.82) is 0 Å². The number of anilines is 1. The van der Waals surface area contributed by atoms with E-state index in [-0.39, 0.29) is 6.61 Å². The SMILES string of the molecule is Cc1cccc(NC(=S)c2c(-c3ccccc3)c3c4n(nc(COc5ccc(Cl)cc5Cl)n24)CCCC3)c1. The molecule has 2 aromatic heterocycles. The molecule has 0 saturated carbocycles. The Balaban J connectivity index is 1.52. The van der Waals surface area contributed by atoms with Crippen LogP contribution >= 0.6 is 35.4 Å². The Morgan fingerprint density at radius 1 is 1.03 bits per heavy atom. The van der Waals surface area contributed by atoms with Crippen molar-refractivity contribution in [2.45, 2.75) is 39.3 Å². The van der Waals surface area contributed by atoms with Crippen molar-refractivity contribution in [3.63, 3.8) is 0 Å². The number of nitrogens with one attached hydrogen (secondary N) is 1. The van der Waals surface area contributed by atoms with Crippen LogP contribution in [0.1, 0.15) is 35.5 Å². The van der Waals surface area contributed by atoms with E-state index in [9.17, 15) is 0 Å². The number of aromatic nitrogens is 3. The third-order valence-corrected chi connectivity index (χ3v) is 7.66. The minimum Gasteiger partial charge on any atom is -0.484 e. The van der Waals surface area contributed by atoms with E-state index in [2.05, 4.69) is 57.7 Å². The smallest absolute Gasteiger partial charge is 0.173 e. The Kier molecular flexibility index (Phi) is 6.87. The lowest BCUT2D eigenvalue weighted by Gasteiger charge is -2.13. The summed E-state index contributed by atoms with van der Waals surface area (Å²) in [6.07, 6.45) is 3.10. The lowest BCUT2D eigenvalue weighted by atomic mass is 9.98. The molecule has 5 nitrogen and oxygen atoms in total. The number of halogens is 2. The largest absolute Gasteiger partial charge is 0.484 e. The van der Waals surface area contributed by atoms with E-state index in [1.165, 1.54) is 11.1 Å².